The molecule has 0 radical (unpaired) electrons. The lowest BCUT2D eigenvalue weighted by Crippen LogP contribution is -2.10. The fourth-order valence-corrected chi connectivity index (χ4v) is 2.24. The molecule has 0 fully saturated rings. The molecule has 0 spiro atoms. The second-order valence-electron chi connectivity index (χ2n) is 3.34. The smallest absolute Gasteiger partial charge is 0.163 e. The van der Waals surface area contributed by atoms with E-state index in [4.69, 9.17) is 5.26 Å². The third kappa shape index (κ3) is 4.61. The van der Waals surface area contributed by atoms with Gasteiger partial charge in [0.2, 0.25) is 0 Å². The zero-order chi connectivity index (χ0) is 11.1. The Hall–Kier alpha value is -1.34. The molecule has 1 aromatic carbocycles. The molecular formula is C11H13NO2S. The zero-order valence-corrected chi connectivity index (χ0v) is 9.20. The maximum Gasteiger partial charge on any atom is 0.163 e. The molecule has 15 heavy (non-hydrogen) atoms. The molecule has 0 aromatic heterocycles. The monoisotopic (exact) mass is 223 g/mol. The molecule has 80 valence electrons. The van der Waals surface area contributed by atoms with E-state index in [1.165, 1.54) is 0 Å². The Kier molecular flexibility index (Phi) is 4.32. The Bertz CT molecular complexity index is 431. The van der Waals surface area contributed by atoms with Crippen molar-refractivity contribution in [3.63, 3.8) is 0 Å². The standard InChI is InChI=1S/C11H13NO2S/c12-8-10-15(13,14)9-4-7-11-5-2-1-3-6-11/h1-3,5-6H,4,7,9-10H2. The van der Waals surface area contributed by atoms with Gasteiger partial charge in [0, 0.05) is 0 Å². The van der Waals surface area contributed by atoms with E-state index in [9.17, 15) is 8.42 Å². The van der Waals surface area contributed by atoms with Gasteiger partial charge in [-0.1, -0.05) is 30.3 Å². The van der Waals surface area contributed by atoms with E-state index in [0.29, 0.717) is 6.42 Å². The third-order valence-corrected chi connectivity index (χ3v) is 3.53. The molecule has 0 atom stereocenters. The van der Waals surface area contributed by atoms with Crippen LogP contribution in [0, 0.1) is 11.3 Å². The maximum absolute atomic E-state index is 11.2. The molecule has 0 heterocycles. The highest BCUT2D eigenvalue weighted by molar-refractivity contribution is 7.91. The van der Waals surface area contributed by atoms with E-state index in [0.717, 1.165) is 12.0 Å². The molecule has 1 rings (SSSR count). The van der Waals surface area contributed by atoms with Gasteiger partial charge >= 0.3 is 0 Å². The molecule has 0 amide bonds. The van der Waals surface area contributed by atoms with E-state index in [1.807, 2.05) is 30.3 Å². The van der Waals surface area contributed by atoms with Crippen LogP contribution in [0.15, 0.2) is 30.3 Å². The summed E-state index contributed by atoms with van der Waals surface area (Å²) in [6, 6.07) is 11.4. The lowest BCUT2D eigenvalue weighted by Gasteiger charge is -2.00. The van der Waals surface area contributed by atoms with E-state index in [-0.39, 0.29) is 11.5 Å². The van der Waals surface area contributed by atoms with Crippen LogP contribution in [0.1, 0.15) is 12.0 Å². The Morgan fingerprint density at radius 1 is 1.20 bits per heavy atom. The van der Waals surface area contributed by atoms with Crippen LogP contribution in [-0.2, 0) is 16.3 Å². The lowest BCUT2D eigenvalue weighted by molar-refractivity contribution is 0.596. The van der Waals surface area contributed by atoms with E-state index in [2.05, 4.69) is 0 Å². The van der Waals surface area contributed by atoms with Gasteiger partial charge < -0.3 is 0 Å². The van der Waals surface area contributed by atoms with E-state index >= 15 is 0 Å². The number of sulfone groups is 1. The van der Waals surface area contributed by atoms with Crippen LogP contribution in [0.3, 0.4) is 0 Å². The first-order chi connectivity index (χ1) is 7.14. The summed E-state index contributed by atoms with van der Waals surface area (Å²) < 4.78 is 22.4. The second-order valence-corrected chi connectivity index (χ2v) is 5.52. The van der Waals surface area contributed by atoms with E-state index in [1.54, 1.807) is 6.07 Å². The minimum Gasteiger partial charge on any atom is -0.228 e. The van der Waals surface area contributed by atoms with Crippen LogP contribution in [0.5, 0.6) is 0 Å². The van der Waals surface area contributed by atoms with Gasteiger partial charge in [-0.25, -0.2) is 8.42 Å². The molecule has 4 heteroatoms. The number of hydrogen-bond donors (Lipinski definition) is 0. The Balaban J connectivity index is 2.38. The summed E-state index contributed by atoms with van der Waals surface area (Å²) in [5.41, 5.74) is 1.13. The van der Waals surface area contributed by atoms with Gasteiger partial charge in [0.1, 0.15) is 5.75 Å². The fourth-order valence-electron chi connectivity index (χ4n) is 1.31. The van der Waals surface area contributed by atoms with Gasteiger partial charge in [0.05, 0.1) is 11.8 Å². The van der Waals surface area contributed by atoms with Crippen molar-refractivity contribution in [1.29, 1.82) is 5.26 Å². The minimum atomic E-state index is -3.16. The summed E-state index contributed by atoms with van der Waals surface area (Å²) >= 11 is 0. The quantitative estimate of drug-likeness (QED) is 0.761. The minimum absolute atomic E-state index is 0.0927. The van der Waals surface area contributed by atoms with Crippen LogP contribution in [-0.4, -0.2) is 19.9 Å². The van der Waals surface area contributed by atoms with Crippen molar-refractivity contribution in [2.45, 2.75) is 12.8 Å². The van der Waals surface area contributed by atoms with Gasteiger partial charge in [0.25, 0.3) is 0 Å². The molecule has 3 nitrogen and oxygen atoms in total. The fraction of sp³-hybridized carbons (Fsp3) is 0.364. The molecule has 0 saturated carbocycles. The number of nitrogens with zero attached hydrogens (tertiary/aromatic N) is 1. The molecular weight excluding hydrogens is 210 g/mol. The summed E-state index contributed by atoms with van der Waals surface area (Å²) in [5.74, 6) is -0.281. The molecule has 0 bridgehead atoms. The molecule has 0 aliphatic rings. The second kappa shape index (κ2) is 5.52. The summed E-state index contributed by atoms with van der Waals surface area (Å²) in [5, 5.41) is 8.29. The lowest BCUT2D eigenvalue weighted by atomic mass is 10.1. The van der Waals surface area contributed by atoms with Crippen molar-refractivity contribution in [3.8, 4) is 6.07 Å². The normalized spacial score (nSPS) is 10.9. The highest BCUT2D eigenvalue weighted by Gasteiger charge is 2.08. The number of rotatable bonds is 5. The number of hydrogen-bond acceptors (Lipinski definition) is 3. The first-order valence-electron chi connectivity index (χ1n) is 4.75. The number of nitriles is 1. The van der Waals surface area contributed by atoms with E-state index < -0.39 is 9.84 Å². The molecule has 0 aliphatic carbocycles. The molecule has 0 N–H and O–H groups in total. The van der Waals surface area contributed by atoms with Crippen molar-refractivity contribution in [3.05, 3.63) is 35.9 Å². The first-order valence-corrected chi connectivity index (χ1v) is 6.57. The number of aryl methyl sites for hydroxylation is 1. The predicted molar refractivity (Wildman–Crippen MR) is 59.0 cm³/mol. The summed E-state index contributed by atoms with van der Waals surface area (Å²) in [4.78, 5) is 0. The SMILES string of the molecule is N#CCS(=O)(=O)CCCc1ccccc1. The molecule has 0 saturated heterocycles. The Morgan fingerprint density at radius 2 is 1.87 bits per heavy atom. The molecule has 0 unspecified atom stereocenters. The van der Waals surface area contributed by atoms with Gasteiger partial charge in [0.15, 0.2) is 9.84 Å². The van der Waals surface area contributed by atoms with Crippen molar-refractivity contribution in [1.82, 2.24) is 0 Å². The molecule has 1 aromatic rings. The zero-order valence-electron chi connectivity index (χ0n) is 8.39. The van der Waals surface area contributed by atoms with Gasteiger partial charge in [-0.05, 0) is 18.4 Å². The highest BCUT2D eigenvalue weighted by Crippen LogP contribution is 2.04. The predicted octanol–water partition coefficient (Wildman–Crippen LogP) is 1.56. The number of benzene rings is 1. The van der Waals surface area contributed by atoms with Crippen LogP contribution in [0.25, 0.3) is 0 Å². The van der Waals surface area contributed by atoms with Crippen molar-refractivity contribution in [2.75, 3.05) is 11.5 Å². The summed E-state index contributed by atoms with van der Waals surface area (Å²) in [7, 11) is -3.16. The third-order valence-electron chi connectivity index (χ3n) is 2.05. The maximum atomic E-state index is 11.2. The first kappa shape index (κ1) is 11.7. The average Bonchev–Trinajstić information content (AvgIpc) is 2.19. The van der Waals surface area contributed by atoms with Crippen LogP contribution in [0.2, 0.25) is 0 Å². The molecule has 0 aliphatic heterocycles. The summed E-state index contributed by atoms with van der Waals surface area (Å²) in [6.07, 6.45) is 1.32. The average molecular weight is 223 g/mol. The van der Waals surface area contributed by atoms with Crippen molar-refractivity contribution < 1.29 is 8.42 Å². The van der Waals surface area contributed by atoms with Crippen LogP contribution in [0.4, 0.5) is 0 Å². The highest BCUT2D eigenvalue weighted by atomic mass is 32.2. The van der Waals surface area contributed by atoms with Gasteiger partial charge in [-0.2, -0.15) is 5.26 Å². The van der Waals surface area contributed by atoms with Crippen molar-refractivity contribution in [2.24, 2.45) is 0 Å². The van der Waals surface area contributed by atoms with Crippen LogP contribution < -0.4 is 0 Å². The van der Waals surface area contributed by atoms with Gasteiger partial charge in [-0.3, -0.25) is 0 Å². The topological polar surface area (TPSA) is 57.9 Å². The Labute approximate surface area is 90.3 Å². The van der Waals surface area contributed by atoms with Gasteiger partial charge in [-0.15, -0.1) is 0 Å². The Morgan fingerprint density at radius 3 is 2.47 bits per heavy atom. The van der Waals surface area contributed by atoms with Crippen LogP contribution >= 0.6 is 0 Å². The largest absolute Gasteiger partial charge is 0.228 e. The van der Waals surface area contributed by atoms with Crippen molar-refractivity contribution >= 4 is 9.84 Å². The summed E-state index contributed by atoms with van der Waals surface area (Å²) in [6.45, 7) is 0.